The van der Waals surface area contributed by atoms with Crippen molar-refractivity contribution < 1.29 is 0 Å². The molecule has 0 spiro atoms. The van der Waals surface area contributed by atoms with Crippen LogP contribution in [0.5, 0.6) is 0 Å². The summed E-state index contributed by atoms with van der Waals surface area (Å²) in [4.78, 5) is 21.9. The molecule has 1 aliphatic heterocycles. The molecule has 1 atom stereocenters. The van der Waals surface area contributed by atoms with Crippen molar-refractivity contribution in [1.29, 1.82) is 0 Å². The van der Waals surface area contributed by atoms with Crippen LogP contribution < -0.4 is 5.56 Å². The second-order valence-electron chi connectivity index (χ2n) is 11.8. The standard InChI is InChI=1S/C34H37N7O/c1-24-16-17-27-23-29(34(42)35-30(27)22-24)32(33-36-37-38-41(33)28-14-8-9-15-28)40-20-18-39(19-21-40)31(25-10-4-2-5-11-25)26-12-6-3-7-13-26/h2-7,10-13,16-17,22-23,28,31-32H,8-9,14-15,18-21H2,1H3,(H,35,42)/t32-/m0/s1. The summed E-state index contributed by atoms with van der Waals surface area (Å²) >= 11 is 0. The van der Waals surface area contributed by atoms with E-state index >= 15 is 0 Å². The van der Waals surface area contributed by atoms with Gasteiger partial charge in [-0.25, -0.2) is 4.68 Å². The maximum absolute atomic E-state index is 13.7. The van der Waals surface area contributed by atoms with Crippen LogP contribution in [0.15, 0.2) is 89.7 Å². The van der Waals surface area contributed by atoms with Gasteiger partial charge >= 0.3 is 0 Å². The lowest BCUT2D eigenvalue weighted by Gasteiger charge is -2.42. The third-order valence-corrected chi connectivity index (χ3v) is 9.07. The molecule has 8 nitrogen and oxygen atoms in total. The number of aromatic amines is 1. The Morgan fingerprint density at radius 3 is 2.05 bits per heavy atom. The average molecular weight is 560 g/mol. The number of nitrogens with one attached hydrogen (secondary N) is 1. The highest BCUT2D eigenvalue weighted by Gasteiger charge is 2.36. The number of piperazine rings is 1. The van der Waals surface area contributed by atoms with Crippen LogP contribution in [-0.4, -0.2) is 61.2 Å². The molecular formula is C34H37N7O. The van der Waals surface area contributed by atoms with Crippen LogP contribution in [-0.2, 0) is 0 Å². The molecule has 7 rings (SSSR count). The summed E-state index contributed by atoms with van der Waals surface area (Å²) in [6, 6.07) is 29.9. The predicted octanol–water partition coefficient (Wildman–Crippen LogP) is 5.43. The number of aromatic nitrogens is 5. The monoisotopic (exact) mass is 559 g/mol. The number of hydrogen-bond acceptors (Lipinski definition) is 6. The van der Waals surface area contributed by atoms with Gasteiger partial charge in [-0.3, -0.25) is 14.6 Å². The number of H-pyrrole nitrogens is 1. The highest BCUT2D eigenvalue weighted by molar-refractivity contribution is 5.79. The van der Waals surface area contributed by atoms with E-state index in [4.69, 9.17) is 0 Å². The maximum Gasteiger partial charge on any atom is 0.253 e. The number of fused-ring (bicyclic) bond motifs is 1. The maximum atomic E-state index is 13.7. The fourth-order valence-corrected chi connectivity index (χ4v) is 6.96. The molecule has 0 radical (unpaired) electrons. The van der Waals surface area contributed by atoms with Crippen LogP contribution in [0.3, 0.4) is 0 Å². The van der Waals surface area contributed by atoms with Crippen molar-refractivity contribution in [3.8, 4) is 0 Å². The number of benzene rings is 3. The molecule has 1 saturated heterocycles. The van der Waals surface area contributed by atoms with Gasteiger partial charge in [-0.15, -0.1) is 5.10 Å². The molecule has 1 N–H and O–H groups in total. The molecule has 0 amide bonds. The van der Waals surface area contributed by atoms with Crippen molar-refractivity contribution in [2.24, 2.45) is 0 Å². The van der Waals surface area contributed by atoms with Crippen molar-refractivity contribution in [1.82, 2.24) is 35.0 Å². The molecule has 0 unspecified atom stereocenters. The van der Waals surface area contributed by atoms with E-state index in [0.29, 0.717) is 5.56 Å². The van der Waals surface area contributed by atoms with E-state index < -0.39 is 0 Å². The summed E-state index contributed by atoms with van der Waals surface area (Å²) < 4.78 is 2.01. The number of aryl methyl sites for hydroxylation is 1. The Morgan fingerprint density at radius 1 is 0.786 bits per heavy atom. The third kappa shape index (κ3) is 5.16. The Morgan fingerprint density at radius 2 is 1.40 bits per heavy atom. The zero-order valence-corrected chi connectivity index (χ0v) is 24.1. The zero-order chi connectivity index (χ0) is 28.5. The number of hydrogen-bond donors (Lipinski definition) is 1. The molecule has 214 valence electrons. The van der Waals surface area contributed by atoms with Gasteiger partial charge in [-0.05, 0) is 64.4 Å². The van der Waals surface area contributed by atoms with Crippen molar-refractivity contribution in [3.05, 3.63) is 123 Å². The highest BCUT2D eigenvalue weighted by atomic mass is 16.1. The molecule has 2 aliphatic rings. The first-order valence-electron chi connectivity index (χ1n) is 15.1. The molecule has 1 aliphatic carbocycles. The fraction of sp³-hybridized carbons (Fsp3) is 0.353. The van der Waals surface area contributed by atoms with Crippen LogP contribution in [0.2, 0.25) is 0 Å². The van der Waals surface area contributed by atoms with E-state index in [2.05, 4.69) is 109 Å². The van der Waals surface area contributed by atoms with Crippen LogP contribution in [0, 0.1) is 6.92 Å². The van der Waals surface area contributed by atoms with Crippen LogP contribution in [0.1, 0.15) is 71.9 Å². The first kappa shape index (κ1) is 26.7. The Balaban J connectivity index is 1.25. The largest absolute Gasteiger partial charge is 0.322 e. The summed E-state index contributed by atoms with van der Waals surface area (Å²) in [6.45, 7) is 5.36. The van der Waals surface area contributed by atoms with E-state index in [9.17, 15) is 4.79 Å². The van der Waals surface area contributed by atoms with Gasteiger partial charge in [0.25, 0.3) is 5.56 Å². The molecule has 2 fully saturated rings. The van der Waals surface area contributed by atoms with E-state index in [-0.39, 0.29) is 23.7 Å². The van der Waals surface area contributed by atoms with Crippen molar-refractivity contribution in [3.63, 3.8) is 0 Å². The highest BCUT2D eigenvalue weighted by Crippen LogP contribution is 2.36. The molecule has 5 aromatic rings. The Bertz CT molecular complexity index is 1660. The minimum absolute atomic E-state index is 0.0760. The molecule has 2 aromatic heterocycles. The summed E-state index contributed by atoms with van der Waals surface area (Å²) in [5.41, 5.74) is 5.19. The molecule has 3 heterocycles. The zero-order valence-electron chi connectivity index (χ0n) is 24.1. The number of rotatable bonds is 7. The third-order valence-electron chi connectivity index (χ3n) is 9.07. The number of tetrazole rings is 1. The predicted molar refractivity (Wildman–Crippen MR) is 164 cm³/mol. The van der Waals surface area contributed by atoms with Gasteiger partial charge in [0.15, 0.2) is 5.82 Å². The lowest BCUT2D eigenvalue weighted by Crippen LogP contribution is -2.50. The minimum Gasteiger partial charge on any atom is -0.322 e. The first-order chi connectivity index (χ1) is 20.7. The molecule has 0 bridgehead atoms. The normalized spacial score (nSPS) is 17.8. The van der Waals surface area contributed by atoms with Crippen molar-refractivity contribution >= 4 is 10.9 Å². The van der Waals surface area contributed by atoms with Gasteiger partial charge in [0.2, 0.25) is 0 Å². The second-order valence-corrected chi connectivity index (χ2v) is 11.8. The Labute approximate surface area is 246 Å². The van der Waals surface area contributed by atoms with Gasteiger partial charge in [0, 0.05) is 37.3 Å². The van der Waals surface area contributed by atoms with Crippen LogP contribution >= 0.6 is 0 Å². The summed E-state index contributed by atoms with van der Waals surface area (Å²) in [5.74, 6) is 0.773. The van der Waals surface area contributed by atoms with Crippen molar-refractivity contribution in [2.45, 2.75) is 50.7 Å². The van der Waals surface area contributed by atoms with E-state index in [0.717, 1.165) is 61.3 Å². The molecular weight excluding hydrogens is 522 g/mol. The van der Waals surface area contributed by atoms with E-state index in [1.54, 1.807) is 0 Å². The topological polar surface area (TPSA) is 82.9 Å². The lowest BCUT2D eigenvalue weighted by molar-refractivity contribution is 0.0850. The van der Waals surface area contributed by atoms with Gasteiger partial charge in [0.1, 0.15) is 6.04 Å². The molecule has 1 saturated carbocycles. The number of nitrogens with zero attached hydrogens (tertiary/aromatic N) is 6. The van der Waals surface area contributed by atoms with Crippen LogP contribution in [0.4, 0.5) is 0 Å². The fourth-order valence-electron chi connectivity index (χ4n) is 6.96. The molecule has 3 aromatic carbocycles. The van der Waals surface area contributed by atoms with Gasteiger partial charge in [0.05, 0.1) is 12.1 Å². The summed E-state index contributed by atoms with van der Waals surface area (Å²) in [7, 11) is 0. The van der Waals surface area contributed by atoms with Gasteiger partial charge in [-0.2, -0.15) is 0 Å². The smallest absolute Gasteiger partial charge is 0.253 e. The lowest BCUT2D eigenvalue weighted by atomic mass is 9.96. The van der Waals surface area contributed by atoms with Crippen molar-refractivity contribution in [2.75, 3.05) is 26.2 Å². The Kier molecular flexibility index (Phi) is 7.40. The first-order valence-corrected chi connectivity index (χ1v) is 15.1. The molecule has 42 heavy (non-hydrogen) atoms. The molecule has 8 heteroatoms. The average Bonchev–Trinajstić information content (AvgIpc) is 3.73. The van der Waals surface area contributed by atoms with Gasteiger partial charge in [-0.1, -0.05) is 85.6 Å². The minimum atomic E-state index is -0.330. The summed E-state index contributed by atoms with van der Waals surface area (Å²) in [5, 5.41) is 14.2. The van der Waals surface area contributed by atoms with E-state index in [1.807, 2.05) is 17.7 Å². The van der Waals surface area contributed by atoms with E-state index in [1.165, 1.54) is 24.0 Å². The quantitative estimate of drug-likeness (QED) is 0.286. The summed E-state index contributed by atoms with van der Waals surface area (Å²) in [6.07, 6.45) is 4.51. The second kappa shape index (κ2) is 11.6. The Hall–Kier alpha value is -4.14. The SMILES string of the molecule is Cc1ccc2cc([C@@H](c3nnnn3C3CCCC3)N3CCN(C(c4ccccc4)c4ccccc4)CC3)c(=O)[nH]c2c1. The van der Waals surface area contributed by atoms with Crippen LogP contribution in [0.25, 0.3) is 10.9 Å². The number of pyridine rings is 1. The van der Waals surface area contributed by atoms with Gasteiger partial charge < -0.3 is 4.98 Å².